The number of nitrogens with zero attached hydrogens (tertiary/aromatic N) is 2. The Kier molecular flexibility index (Phi) is 5.22. The summed E-state index contributed by atoms with van der Waals surface area (Å²) in [7, 11) is 0. The molecule has 3 rings (SSSR count). The molecule has 2 unspecified atom stereocenters. The second kappa shape index (κ2) is 7.37. The molecule has 0 saturated carbocycles. The minimum atomic E-state index is -0.159. The molecule has 0 aromatic heterocycles. The van der Waals surface area contributed by atoms with Gasteiger partial charge in [0.2, 0.25) is 11.8 Å². The molecule has 4 nitrogen and oxygen atoms in total. The molecular weight excluding hydrogens is 300 g/mol. The average Bonchev–Trinajstić information content (AvgIpc) is 2.97. The maximum Gasteiger partial charge on any atom is 0.228 e. The van der Waals surface area contributed by atoms with Crippen molar-refractivity contribution in [3.8, 4) is 0 Å². The summed E-state index contributed by atoms with van der Waals surface area (Å²) in [4.78, 5) is 29.2. The third kappa shape index (κ3) is 3.47. The molecule has 0 spiro atoms. The molecule has 2 aliphatic rings. The first kappa shape index (κ1) is 17.0. The number of rotatable bonds is 4. The Morgan fingerprint density at radius 2 is 2.04 bits per heavy atom. The van der Waals surface area contributed by atoms with E-state index in [1.807, 2.05) is 17.0 Å². The zero-order chi connectivity index (χ0) is 17.1. The van der Waals surface area contributed by atoms with Gasteiger partial charge in [0.05, 0.1) is 5.92 Å². The van der Waals surface area contributed by atoms with E-state index in [1.54, 1.807) is 0 Å². The van der Waals surface area contributed by atoms with Gasteiger partial charge in [-0.05, 0) is 43.7 Å². The highest BCUT2D eigenvalue weighted by Crippen LogP contribution is 2.27. The zero-order valence-electron chi connectivity index (χ0n) is 14.8. The van der Waals surface area contributed by atoms with Gasteiger partial charge in [0, 0.05) is 32.1 Å². The molecule has 1 aromatic rings. The second-order valence-electron chi connectivity index (χ2n) is 7.19. The third-order valence-electron chi connectivity index (χ3n) is 5.57. The Morgan fingerprint density at radius 3 is 2.79 bits per heavy atom. The first-order valence-corrected chi connectivity index (χ1v) is 9.23. The van der Waals surface area contributed by atoms with Crippen LogP contribution in [-0.4, -0.2) is 40.7 Å². The van der Waals surface area contributed by atoms with Gasteiger partial charge in [0.15, 0.2) is 0 Å². The number of amides is 2. The maximum absolute atomic E-state index is 12.9. The van der Waals surface area contributed by atoms with Gasteiger partial charge in [-0.1, -0.05) is 31.2 Å². The van der Waals surface area contributed by atoms with Crippen LogP contribution in [0.4, 0.5) is 0 Å². The van der Waals surface area contributed by atoms with Crippen molar-refractivity contribution in [1.82, 2.24) is 9.80 Å². The van der Waals surface area contributed by atoms with E-state index >= 15 is 0 Å². The van der Waals surface area contributed by atoms with Crippen LogP contribution < -0.4 is 0 Å². The zero-order valence-corrected chi connectivity index (χ0v) is 14.8. The van der Waals surface area contributed by atoms with Gasteiger partial charge in [-0.25, -0.2) is 0 Å². The van der Waals surface area contributed by atoms with Gasteiger partial charge < -0.3 is 9.80 Å². The third-order valence-corrected chi connectivity index (χ3v) is 5.57. The van der Waals surface area contributed by atoms with Crippen molar-refractivity contribution in [2.75, 3.05) is 13.1 Å². The highest BCUT2D eigenvalue weighted by Gasteiger charge is 2.38. The van der Waals surface area contributed by atoms with Crippen molar-refractivity contribution in [1.29, 1.82) is 0 Å². The summed E-state index contributed by atoms with van der Waals surface area (Å²) in [6.07, 6.45) is 4.80. The van der Waals surface area contributed by atoms with Crippen LogP contribution in [0.1, 0.15) is 50.2 Å². The highest BCUT2D eigenvalue weighted by atomic mass is 16.2. The summed E-state index contributed by atoms with van der Waals surface area (Å²) >= 11 is 0. The molecule has 2 aliphatic heterocycles. The topological polar surface area (TPSA) is 40.6 Å². The molecule has 0 N–H and O–H groups in total. The monoisotopic (exact) mass is 328 g/mol. The molecule has 130 valence electrons. The quantitative estimate of drug-likeness (QED) is 0.852. The molecule has 0 bridgehead atoms. The van der Waals surface area contributed by atoms with Crippen LogP contribution in [0, 0.1) is 12.8 Å². The predicted octanol–water partition coefficient (Wildman–Crippen LogP) is 3.13. The van der Waals surface area contributed by atoms with Crippen LogP contribution in [0.25, 0.3) is 0 Å². The van der Waals surface area contributed by atoms with Crippen molar-refractivity contribution in [2.24, 2.45) is 5.92 Å². The lowest BCUT2D eigenvalue weighted by molar-refractivity contribution is -0.139. The van der Waals surface area contributed by atoms with Crippen molar-refractivity contribution < 1.29 is 9.59 Å². The number of hydrogen-bond donors (Lipinski definition) is 0. The van der Waals surface area contributed by atoms with Crippen molar-refractivity contribution in [3.63, 3.8) is 0 Å². The summed E-state index contributed by atoms with van der Waals surface area (Å²) in [5.41, 5.74) is 2.37. The second-order valence-corrected chi connectivity index (χ2v) is 7.19. The van der Waals surface area contributed by atoms with Gasteiger partial charge >= 0.3 is 0 Å². The molecule has 1 aromatic carbocycles. The largest absolute Gasteiger partial charge is 0.339 e. The molecule has 2 amide bonds. The summed E-state index contributed by atoms with van der Waals surface area (Å²) in [6.45, 7) is 6.27. The number of piperidine rings is 1. The Hall–Kier alpha value is -1.84. The van der Waals surface area contributed by atoms with Gasteiger partial charge in [-0.2, -0.15) is 0 Å². The fourth-order valence-corrected chi connectivity index (χ4v) is 4.03. The minimum Gasteiger partial charge on any atom is -0.339 e. The van der Waals surface area contributed by atoms with E-state index in [2.05, 4.69) is 30.9 Å². The fraction of sp³-hybridized carbons (Fsp3) is 0.600. The highest BCUT2D eigenvalue weighted by molar-refractivity contribution is 5.89. The Labute approximate surface area is 144 Å². The number of aryl methyl sites for hydroxylation is 1. The van der Waals surface area contributed by atoms with E-state index in [0.29, 0.717) is 25.6 Å². The molecule has 0 aliphatic carbocycles. The Balaban J connectivity index is 1.65. The maximum atomic E-state index is 12.9. The van der Waals surface area contributed by atoms with E-state index in [0.717, 1.165) is 25.8 Å². The molecule has 2 fully saturated rings. The first-order chi connectivity index (χ1) is 11.6. The molecule has 0 radical (unpaired) electrons. The smallest absolute Gasteiger partial charge is 0.228 e. The summed E-state index contributed by atoms with van der Waals surface area (Å²) < 4.78 is 0. The SMILES string of the molecule is CCC1CCCCN1C(=O)C1CC(=O)N(Cc2ccccc2C)C1. The molecule has 2 atom stereocenters. The lowest BCUT2D eigenvalue weighted by atomic mass is 9.97. The van der Waals surface area contributed by atoms with Gasteiger partial charge in [0.25, 0.3) is 0 Å². The predicted molar refractivity (Wildman–Crippen MR) is 94.3 cm³/mol. The molecule has 2 saturated heterocycles. The van der Waals surface area contributed by atoms with Crippen LogP contribution in [-0.2, 0) is 16.1 Å². The van der Waals surface area contributed by atoms with E-state index < -0.39 is 0 Å². The number of likely N-dealkylation sites (tertiary alicyclic amines) is 2. The van der Waals surface area contributed by atoms with Crippen molar-refractivity contribution >= 4 is 11.8 Å². The molecule has 4 heteroatoms. The van der Waals surface area contributed by atoms with E-state index in [4.69, 9.17) is 0 Å². The van der Waals surface area contributed by atoms with Crippen LogP contribution in [0.3, 0.4) is 0 Å². The Bertz CT molecular complexity index is 613. The summed E-state index contributed by atoms with van der Waals surface area (Å²) in [6, 6.07) is 8.52. The molecular formula is C20H28N2O2. The lowest BCUT2D eigenvalue weighted by Gasteiger charge is -2.36. The molecule has 24 heavy (non-hydrogen) atoms. The Morgan fingerprint density at radius 1 is 1.25 bits per heavy atom. The number of benzene rings is 1. The van der Waals surface area contributed by atoms with E-state index in [1.165, 1.54) is 17.5 Å². The number of carbonyl (C=O) groups excluding carboxylic acids is 2. The minimum absolute atomic E-state index is 0.113. The summed E-state index contributed by atoms with van der Waals surface area (Å²) in [5.74, 6) is 0.150. The van der Waals surface area contributed by atoms with Gasteiger partial charge in [0.1, 0.15) is 0 Å². The normalized spacial score (nSPS) is 24.5. The van der Waals surface area contributed by atoms with Gasteiger partial charge in [-0.3, -0.25) is 9.59 Å². The average molecular weight is 328 g/mol. The summed E-state index contributed by atoms with van der Waals surface area (Å²) in [5, 5.41) is 0. The van der Waals surface area contributed by atoms with Crippen molar-refractivity contribution in [3.05, 3.63) is 35.4 Å². The van der Waals surface area contributed by atoms with E-state index in [9.17, 15) is 9.59 Å². The van der Waals surface area contributed by atoms with Gasteiger partial charge in [-0.15, -0.1) is 0 Å². The van der Waals surface area contributed by atoms with Crippen LogP contribution in [0.5, 0.6) is 0 Å². The lowest BCUT2D eigenvalue weighted by Crippen LogP contribution is -2.46. The van der Waals surface area contributed by atoms with Crippen LogP contribution in [0.2, 0.25) is 0 Å². The first-order valence-electron chi connectivity index (χ1n) is 9.23. The van der Waals surface area contributed by atoms with E-state index in [-0.39, 0.29) is 17.7 Å². The fourth-order valence-electron chi connectivity index (χ4n) is 4.03. The van der Waals surface area contributed by atoms with Crippen LogP contribution in [0.15, 0.2) is 24.3 Å². The van der Waals surface area contributed by atoms with Crippen molar-refractivity contribution in [2.45, 2.75) is 58.5 Å². The molecule has 2 heterocycles. The standard InChI is InChI=1S/C20H28N2O2/c1-3-18-10-6-7-11-22(18)20(24)17-12-19(23)21(14-17)13-16-9-5-4-8-15(16)2/h4-5,8-9,17-18H,3,6-7,10-14H2,1-2H3. The number of hydrogen-bond acceptors (Lipinski definition) is 2. The number of carbonyl (C=O) groups is 2. The van der Waals surface area contributed by atoms with Crippen LogP contribution >= 0.6 is 0 Å².